The summed E-state index contributed by atoms with van der Waals surface area (Å²) in [6.45, 7) is 2.58. The fraction of sp³-hybridized carbons (Fsp3) is 0.273. The van der Waals surface area contributed by atoms with Crippen LogP contribution in [0.5, 0.6) is 0 Å². The van der Waals surface area contributed by atoms with Gasteiger partial charge in [-0.3, -0.25) is 9.36 Å². The van der Waals surface area contributed by atoms with Crippen LogP contribution in [0.4, 0.5) is 29.2 Å². The van der Waals surface area contributed by atoms with E-state index in [1.165, 1.54) is 24.3 Å². The average Bonchev–Trinajstić information content (AvgIpc) is 3.34. The van der Waals surface area contributed by atoms with Crippen LogP contribution in [0.1, 0.15) is 31.0 Å². The van der Waals surface area contributed by atoms with Crippen LogP contribution < -0.4 is 4.90 Å². The van der Waals surface area contributed by atoms with Crippen molar-refractivity contribution in [2.75, 3.05) is 4.90 Å². The van der Waals surface area contributed by atoms with E-state index in [0.29, 0.717) is 18.4 Å². The topological polar surface area (TPSA) is 38.1 Å². The smallest absolute Gasteiger partial charge is 0.270 e. The van der Waals surface area contributed by atoms with Crippen molar-refractivity contribution >= 4 is 17.5 Å². The minimum Gasteiger partial charge on any atom is -0.299 e. The van der Waals surface area contributed by atoms with Gasteiger partial charge in [0.25, 0.3) is 11.8 Å². The Hall–Kier alpha value is -3.16. The number of alkyl halides is 2. The first-order valence-corrected chi connectivity index (χ1v) is 9.51. The molecule has 1 amide bonds. The van der Waals surface area contributed by atoms with Crippen molar-refractivity contribution in [1.29, 1.82) is 0 Å². The molecule has 8 heteroatoms. The summed E-state index contributed by atoms with van der Waals surface area (Å²) in [6, 6.07) is 7.42. The Morgan fingerprint density at radius 1 is 1.03 bits per heavy atom. The monoisotopic (exact) mass is 415 g/mol. The number of anilines is 2. The second kappa shape index (κ2) is 5.93. The maximum atomic E-state index is 15.1. The van der Waals surface area contributed by atoms with Crippen LogP contribution in [0.25, 0.3) is 11.1 Å². The normalized spacial score (nSPS) is 17.0. The predicted octanol–water partition coefficient (Wildman–Crippen LogP) is 5.42. The van der Waals surface area contributed by atoms with E-state index in [1.54, 1.807) is 17.7 Å². The molecule has 1 fully saturated rings. The summed E-state index contributed by atoms with van der Waals surface area (Å²) < 4.78 is 58.7. The van der Waals surface area contributed by atoms with Gasteiger partial charge in [-0.25, -0.2) is 27.4 Å². The van der Waals surface area contributed by atoms with E-state index < -0.39 is 34.7 Å². The third kappa shape index (κ3) is 2.52. The number of amides is 1. The lowest BCUT2D eigenvalue weighted by Gasteiger charge is -2.18. The molecule has 2 heterocycles. The van der Waals surface area contributed by atoms with Crippen molar-refractivity contribution in [3.63, 3.8) is 0 Å². The zero-order chi connectivity index (χ0) is 21.4. The zero-order valence-corrected chi connectivity index (χ0v) is 16.2. The fourth-order valence-electron chi connectivity index (χ4n) is 4.16. The lowest BCUT2D eigenvalue weighted by molar-refractivity contribution is -0.120. The molecular formula is C22H17F4N3O. The molecule has 1 spiro atoms. The minimum absolute atomic E-state index is 0.187. The van der Waals surface area contributed by atoms with E-state index in [-0.39, 0.29) is 17.1 Å². The van der Waals surface area contributed by atoms with Crippen molar-refractivity contribution in [3.05, 3.63) is 65.5 Å². The summed E-state index contributed by atoms with van der Waals surface area (Å²) >= 11 is 0. The Bertz CT molecular complexity index is 1170. The maximum Gasteiger partial charge on any atom is 0.270 e. The molecule has 4 nitrogen and oxygen atoms in total. The lowest BCUT2D eigenvalue weighted by Crippen LogP contribution is -2.31. The Morgan fingerprint density at radius 2 is 1.63 bits per heavy atom. The highest BCUT2D eigenvalue weighted by molar-refractivity contribution is 6.09. The maximum absolute atomic E-state index is 15.1. The highest BCUT2D eigenvalue weighted by Gasteiger charge is 2.61. The number of carbonyl (C=O) groups is 1. The lowest BCUT2D eigenvalue weighted by atomic mass is 10.0. The first-order valence-electron chi connectivity index (χ1n) is 9.51. The Labute approximate surface area is 169 Å². The van der Waals surface area contributed by atoms with E-state index in [0.717, 1.165) is 29.7 Å². The minimum atomic E-state index is -3.01. The fourth-order valence-corrected chi connectivity index (χ4v) is 4.16. The zero-order valence-electron chi connectivity index (χ0n) is 16.2. The van der Waals surface area contributed by atoms with E-state index in [2.05, 4.69) is 4.98 Å². The number of hydrogen-bond acceptors (Lipinski definition) is 2. The second-order valence-electron chi connectivity index (χ2n) is 7.96. The first-order chi connectivity index (χ1) is 14.1. The Kier molecular flexibility index (Phi) is 3.73. The van der Waals surface area contributed by atoms with Crippen molar-refractivity contribution in [3.8, 4) is 11.1 Å². The first kappa shape index (κ1) is 18.8. The van der Waals surface area contributed by atoms with Gasteiger partial charge in [-0.1, -0.05) is 24.3 Å². The molecule has 0 atom stereocenters. The van der Waals surface area contributed by atoms with Crippen LogP contribution in [-0.2, 0) is 16.3 Å². The summed E-state index contributed by atoms with van der Waals surface area (Å²) in [5.74, 6) is -5.04. The van der Waals surface area contributed by atoms with Crippen LogP contribution in [-0.4, -0.2) is 15.5 Å². The van der Waals surface area contributed by atoms with E-state index >= 15 is 8.78 Å². The van der Waals surface area contributed by atoms with Gasteiger partial charge in [-0.2, -0.15) is 0 Å². The van der Waals surface area contributed by atoms with Crippen LogP contribution in [0.15, 0.2) is 42.6 Å². The number of fused-ring (bicyclic) bond motifs is 2. The SMILES string of the molecule is Cc1cnc2n1C1(CC1)C(=O)N2c1c(F)cc(-c2ccc(C(C)(F)F)cc2)cc1F. The standard InChI is InChI=1S/C22H17F4N3O/c1-12-11-27-20-28(19(30)22(7-8-22)29(12)20)18-16(23)9-14(10-17(18)24)13-3-5-15(6-4-13)21(2,25)26/h3-6,9-11H,7-8H2,1-2H3. The van der Waals surface area contributed by atoms with Crippen LogP contribution in [0.3, 0.4) is 0 Å². The van der Waals surface area contributed by atoms with Crippen molar-refractivity contribution in [1.82, 2.24) is 9.55 Å². The van der Waals surface area contributed by atoms with Gasteiger partial charge in [0.2, 0.25) is 5.95 Å². The molecule has 5 rings (SSSR count). The van der Waals surface area contributed by atoms with Gasteiger partial charge in [0.05, 0.1) is 6.20 Å². The summed E-state index contributed by atoms with van der Waals surface area (Å²) in [5.41, 5.74) is -0.138. The van der Waals surface area contributed by atoms with Crippen molar-refractivity contribution < 1.29 is 22.4 Å². The van der Waals surface area contributed by atoms with Gasteiger partial charge >= 0.3 is 0 Å². The predicted molar refractivity (Wildman–Crippen MR) is 103 cm³/mol. The number of benzene rings is 2. The quantitative estimate of drug-likeness (QED) is 0.536. The van der Waals surface area contributed by atoms with Gasteiger partial charge in [0.15, 0.2) is 11.6 Å². The largest absolute Gasteiger partial charge is 0.299 e. The average molecular weight is 415 g/mol. The number of halogens is 4. The highest BCUT2D eigenvalue weighted by atomic mass is 19.3. The van der Waals surface area contributed by atoms with Crippen LogP contribution in [0.2, 0.25) is 0 Å². The van der Waals surface area contributed by atoms with E-state index in [4.69, 9.17) is 0 Å². The molecule has 3 aromatic rings. The van der Waals surface area contributed by atoms with Gasteiger partial charge < -0.3 is 0 Å². The molecule has 1 saturated carbocycles. The number of hydrogen-bond donors (Lipinski definition) is 0. The molecule has 0 unspecified atom stereocenters. The number of imidazole rings is 1. The third-order valence-corrected chi connectivity index (χ3v) is 5.84. The van der Waals surface area contributed by atoms with Gasteiger partial charge in [0.1, 0.15) is 11.2 Å². The van der Waals surface area contributed by atoms with Gasteiger partial charge in [-0.15, -0.1) is 0 Å². The molecule has 1 aliphatic heterocycles. The van der Waals surface area contributed by atoms with E-state index in [9.17, 15) is 13.6 Å². The van der Waals surface area contributed by atoms with Crippen molar-refractivity contribution in [2.24, 2.45) is 0 Å². The third-order valence-electron chi connectivity index (χ3n) is 5.84. The highest BCUT2D eigenvalue weighted by Crippen LogP contribution is 2.55. The van der Waals surface area contributed by atoms with Gasteiger partial charge in [-0.05, 0) is 43.0 Å². The molecule has 1 aliphatic carbocycles. The molecule has 0 bridgehead atoms. The molecule has 0 radical (unpaired) electrons. The number of rotatable bonds is 3. The van der Waals surface area contributed by atoms with Crippen LogP contribution >= 0.6 is 0 Å². The second-order valence-corrected chi connectivity index (χ2v) is 7.96. The Morgan fingerprint density at radius 3 is 2.17 bits per heavy atom. The van der Waals surface area contributed by atoms with E-state index in [1.807, 2.05) is 0 Å². The number of aryl methyl sites for hydroxylation is 1. The number of aromatic nitrogens is 2. The van der Waals surface area contributed by atoms with Crippen molar-refractivity contribution in [2.45, 2.75) is 38.2 Å². The Balaban J connectivity index is 1.57. The molecule has 154 valence electrons. The van der Waals surface area contributed by atoms with Gasteiger partial charge in [0, 0.05) is 18.2 Å². The molecule has 1 aromatic heterocycles. The summed E-state index contributed by atoms with van der Waals surface area (Å²) in [4.78, 5) is 18.2. The number of carbonyl (C=O) groups excluding carboxylic acids is 1. The molecular weight excluding hydrogens is 398 g/mol. The molecule has 2 aliphatic rings. The molecule has 30 heavy (non-hydrogen) atoms. The van der Waals surface area contributed by atoms with Crippen LogP contribution in [0, 0.1) is 18.6 Å². The summed E-state index contributed by atoms with van der Waals surface area (Å²) in [6.07, 6.45) is 2.77. The summed E-state index contributed by atoms with van der Waals surface area (Å²) in [7, 11) is 0. The number of nitrogens with zero attached hydrogens (tertiary/aromatic N) is 3. The molecule has 2 aromatic carbocycles. The summed E-state index contributed by atoms with van der Waals surface area (Å²) in [5, 5.41) is 0. The molecule has 0 N–H and O–H groups in total. The molecule has 0 saturated heterocycles.